The van der Waals surface area contributed by atoms with Crippen molar-refractivity contribution >= 4 is 17.8 Å². The molecule has 1 atom stereocenters. The van der Waals surface area contributed by atoms with Crippen molar-refractivity contribution in [2.24, 2.45) is 0 Å². The van der Waals surface area contributed by atoms with E-state index in [0.717, 1.165) is 35.7 Å². The average molecular weight is 338 g/mol. The molecular formula is C17H26N2O3S. The first-order chi connectivity index (χ1) is 11.2. The fourth-order valence-corrected chi connectivity index (χ4v) is 3.29. The van der Waals surface area contributed by atoms with Crippen LogP contribution in [0.15, 0.2) is 18.2 Å². The number of hydrogen-bond donors (Lipinski definition) is 2. The Bertz CT molecular complexity index is 511. The van der Waals surface area contributed by atoms with E-state index in [1.54, 1.807) is 7.11 Å². The van der Waals surface area contributed by atoms with Gasteiger partial charge in [-0.25, -0.2) is 4.79 Å². The van der Waals surface area contributed by atoms with Crippen LogP contribution in [-0.4, -0.2) is 43.8 Å². The second kappa shape index (κ2) is 9.55. The van der Waals surface area contributed by atoms with Crippen LogP contribution in [0.5, 0.6) is 11.5 Å². The first kappa shape index (κ1) is 17.8. The number of methoxy groups -OCH3 is 1. The predicted molar refractivity (Wildman–Crippen MR) is 94.7 cm³/mol. The van der Waals surface area contributed by atoms with Crippen molar-refractivity contribution in [3.05, 3.63) is 23.8 Å². The number of nitrogens with one attached hydrogen (secondary N) is 2. The number of amides is 2. The zero-order valence-electron chi connectivity index (χ0n) is 13.9. The second-order valence-electron chi connectivity index (χ2n) is 5.55. The Morgan fingerprint density at radius 3 is 3.09 bits per heavy atom. The van der Waals surface area contributed by atoms with Gasteiger partial charge < -0.3 is 20.1 Å². The topological polar surface area (TPSA) is 59.6 Å². The summed E-state index contributed by atoms with van der Waals surface area (Å²) in [6.45, 7) is 3.39. The van der Waals surface area contributed by atoms with Gasteiger partial charge in [0, 0.05) is 6.54 Å². The molecule has 128 valence electrons. The van der Waals surface area contributed by atoms with Gasteiger partial charge in [0.15, 0.2) is 0 Å². The summed E-state index contributed by atoms with van der Waals surface area (Å²) in [4.78, 5) is 11.9. The van der Waals surface area contributed by atoms with E-state index in [2.05, 4.69) is 17.6 Å². The van der Waals surface area contributed by atoms with Crippen molar-refractivity contribution in [3.8, 4) is 11.5 Å². The molecule has 0 aromatic heterocycles. The molecule has 23 heavy (non-hydrogen) atoms. The number of urea groups is 1. The smallest absolute Gasteiger partial charge is 0.315 e. The summed E-state index contributed by atoms with van der Waals surface area (Å²) in [7, 11) is 1.65. The third kappa shape index (κ3) is 5.86. The van der Waals surface area contributed by atoms with Crippen molar-refractivity contribution in [1.29, 1.82) is 0 Å². The van der Waals surface area contributed by atoms with Crippen molar-refractivity contribution < 1.29 is 14.3 Å². The van der Waals surface area contributed by atoms with Gasteiger partial charge in [-0.3, -0.25) is 0 Å². The van der Waals surface area contributed by atoms with Crippen LogP contribution in [0.25, 0.3) is 0 Å². The Morgan fingerprint density at radius 1 is 1.43 bits per heavy atom. The van der Waals surface area contributed by atoms with E-state index >= 15 is 0 Å². The normalized spacial score (nSPS) is 16.2. The second-order valence-corrected chi connectivity index (χ2v) is 6.78. The minimum absolute atomic E-state index is 0.0101. The lowest BCUT2D eigenvalue weighted by Crippen LogP contribution is -2.47. The van der Waals surface area contributed by atoms with Crippen molar-refractivity contribution in [1.82, 2.24) is 10.6 Å². The van der Waals surface area contributed by atoms with Crippen LogP contribution in [-0.2, 0) is 6.42 Å². The summed E-state index contributed by atoms with van der Waals surface area (Å²) >= 11 is 1.93. The maximum Gasteiger partial charge on any atom is 0.315 e. The van der Waals surface area contributed by atoms with Crippen LogP contribution in [0.3, 0.4) is 0 Å². The van der Waals surface area contributed by atoms with Gasteiger partial charge in [0.25, 0.3) is 0 Å². The van der Waals surface area contributed by atoms with E-state index in [0.29, 0.717) is 13.2 Å². The van der Waals surface area contributed by atoms with Crippen molar-refractivity contribution in [2.45, 2.75) is 32.2 Å². The third-order valence-electron chi connectivity index (χ3n) is 3.61. The van der Waals surface area contributed by atoms with Crippen LogP contribution in [0.4, 0.5) is 4.79 Å². The molecule has 0 fully saturated rings. The number of fused-ring (bicyclic) bond motifs is 1. The van der Waals surface area contributed by atoms with Crippen LogP contribution < -0.4 is 20.1 Å². The zero-order chi connectivity index (χ0) is 16.5. The SMILES string of the molecule is CCCSCCCNC(=O)NC1COc2ccc(OC)cc2C1. The fourth-order valence-electron chi connectivity index (χ4n) is 2.45. The van der Waals surface area contributed by atoms with Crippen LogP contribution in [0.1, 0.15) is 25.3 Å². The summed E-state index contributed by atoms with van der Waals surface area (Å²) in [6.07, 6.45) is 2.96. The molecule has 0 spiro atoms. The minimum atomic E-state index is -0.120. The number of carbonyl (C=O) groups excluding carboxylic acids is 1. The molecule has 1 heterocycles. The van der Waals surface area contributed by atoms with Crippen molar-refractivity contribution in [2.75, 3.05) is 31.8 Å². The summed E-state index contributed by atoms with van der Waals surface area (Å²) < 4.78 is 10.9. The van der Waals surface area contributed by atoms with E-state index in [1.807, 2.05) is 30.0 Å². The van der Waals surface area contributed by atoms with E-state index in [-0.39, 0.29) is 12.1 Å². The molecule has 2 amide bonds. The summed E-state index contributed by atoms with van der Waals surface area (Å²) in [5.41, 5.74) is 1.07. The summed E-state index contributed by atoms with van der Waals surface area (Å²) in [6, 6.07) is 5.63. The highest BCUT2D eigenvalue weighted by atomic mass is 32.2. The third-order valence-corrected chi connectivity index (χ3v) is 4.88. The molecular weight excluding hydrogens is 312 g/mol. The Balaban J connectivity index is 1.70. The van der Waals surface area contributed by atoms with Crippen LogP contribution in [0, 0.1) is 0 Å². The molecule has 1 aliphatic rings. The van der Waals surface area contributed by atoms with Crippen molar-refractivity contribution in [3.63, 3.8) is 0 Å². The van der Waals surface area contributed by atoms with Gasteiger partial charge in [-0.05, 0) is 54.5 Å². The van der Waals surface area contributed by atoms with E-state index < -0.39 is 0 Å². The highest BCUT2D eigenvalue weighted by Crippen LogP contribution is 2.28. The number of carbonyl (C=O) groups is 1. The molecule has 0 saturated heterocycles. The molecule has 1 unspecified atom stereocenters. The quantitative estimate of drug-likeness (QED) is 0.716. The molecule has 1 aliphatic heterocycles. The van der Waals surface area contributed by atoms with Gasteiger partial charge in [0.2, 0.25) is 0 Å². The number of rotatable bonds is 8. The molecule has 1 aromatic carbocycles. The monoisotopic (exact) mass is 338 g/mol. The molecule has 5 nitrogen and oxygen atoms in total. The molecule has 2 rings (SSSR count). The van der Waals surface area contributed by atoms with Gasteiger partial charge in [0.1, 0.15) is 18.1 Å². The fraction of sp³-hybridized carbons (Fsp3) is 0.588. The van der Waals surface area contributed by atoms with Crippen LogP contribution >= 0.6 is 11.8 Å². The molecule has 0 aliphatic carbocycles. The Kier molecular flexibility index (Phi) is 7.39. The number of thioether (sulfide) groups is 1. The Hall–Kier alpha value is -1.56. The molecule has 2 N–H and O–H groups in total. The minimum Gasteiger partial charge on any atom is -0.497 e. The van der Waals surface area contributed by atoms with Gasteiger partial charge in [0.05, 0.1) is 13.2 Å². The first-order valence-electron chi connectivity index (χ1n) is 8.14. The number of hydrogen-bond acceptors (Lipinski definition) is 4. The molecule has 0 saturated carbocycles. The number of ether oxygens (including phenoxy) is 2. The maximum absolute atomic E-state index is 11.9. The highest BCUT2D eigenvalue weighted by molar-refractivity contribution is 7.99. The Morgan fingerprint density at radius 2 is 2.30 bits per heavy atom. The van der Waals surface area contributed by atoms with Gasteiger partial charge in [-0.2, -0.15) is 11.8 Å². The maximum atomic E-state index is 11.9. The highest BCUT2D eigenvalue weighted by Gasteiger charge is 2.21. The van der Waals surface area contributed by atoms with E-state index in [4.69, 9.17) is 9.47 Å². The lowest BCUT2D eigenvalue weighted by atomic mass is 10.0. The standard InChI is InChI=1S/C17H26N2O3S/c1-3-8-23-9-4-7-18-17(20)19-14-10-13-11-15(21-2)5-6-16(13)22-12-14/h5-6,11,14H,3-4,7-10,12H2,1-2H3,(H2,18,19,20). The summed E-state index contributed by atoms with van der Waals surface area (Å²) in [5, 5.41) is 5.89. The lowest BCUT2D eigenvalue weighted by molar-refractivity contribution is 0.214. The average Bonchev–Trinajstić information content (AvgIpc) is 2.57. The first-order valence-corrected chi connectivity index (χ1v) is 9.30. The van der Waals surface area contributed by atoms with E-state index in [9.17, 15) is 4.79 Å². The summed E-state index contributed by atoms with van der Waals surface area (Å²) in [5.74, 6) is 3.96. The van der Waals surface area contributed by atoms with Gasteiger partial charge in [-0.15, -0.1) is 0 Å². The molecule has 0 radical (unpaired) electrons. The zero-order valence-corrected chi connectivity index (χ0v) is 14.7. The van der Waals surface area contributed by atoms with Gasteiger partial charge >= 0.3 is 6.03 Å². The molecule has 6 heteroatoms. The van der Waals surface area contributed by atoms with E-state index in [1.165, 1.54) is 12.2 Å². The molecule has 1 aromatic rings. The predicted octanol–water partition coefficient (Wildman–Crippen LogP) is 2.83. The number of benzene rings is 1. The lowest BCUT2D eigenvalue weighted by Gasteiger charge is -2.26. The Labute approximate surface area is 142 Å². The van der Waals surface area contributed by atoms with Gasteiger partial charge in [-0.1, -0.05) is 6.92 Å². The van der Waals surface area contributed by atoms with Crippen LogP contribution in [0.2, 0.25) is 0 Å². The molecule has 0 bridgehead atoms. The largest absolute Gasteiger partial charge is 0.497 e.